The fraction of sp³-hybridized carbons (Fsp3) is 0.333. The molecule has 1 unspecified atom stereocenters. The fourth-order valence-corrected chi connectivity index (χ4v) is 1.08. The monoisotopic (exact) mass is 189 g/mol. The van der Waals surface area contributed by atoms with Crippen LogP contribution in [0.1, 0.15) is 17.3 Å². The minimum atomic E-state index is -1.78. The molecule has 1 aromatic rings. The van der Waals surface area contributed by atoms with Crippen molar-refractivity contribution >= 4 is 0 Å². The van der Waals surface area contributed by atoms with Gasteiger partial charge in [-0.15, -0.1) is 0 Å². The summed E-state index contributed by atoms with van der Waals surface area (Å²) in [6.07, 6.45) is -1.78. The van der Waals surface area contributed by atoms with Crippen LogP contribution in [0.25, 0.3) is 0 Å². The maximum atomic E-state index is 13.2. The molecule has 0 aliphatic heterocycles. The van der Waals surface area contributed by atoms with Crippen molar-refractivity contribution in [2.45, 2.75) is 13.1 Å². The number of aryl methyl sites for hydroxylation is 1. The molecule has 0 radical (unpaired) electrons. The Morgan fingerprint density at radius 3 is 2.54 bits per heavy atom. The van der Waals surface area contributed by atoms with Crippen molar-refractivity contribution in [1.82, 2.24) is 0 Å². The molecule has 1 aromatic carbocycles. The quantitative estimate of drug-likeness (QED) is 0.758. The Hall–Kier alpha value is -1.03. The average molecular weight is 189 g/mol. The molecule has 1 atom stereocenters. The molecule has 0 bridgehead atoms. The van der Waals surface area contributed by atoms with Gasteiger partial charge in [0.15, 0.2) is 0 Å². The number of hydrogen-bond acceptors (Lipinski definition) is 1. The van der Waals surface area contributed by atoms with Gasteiger partial charge in [-0.1, -0.05) is 6.07 Å². The standard InChI is InChI=1S/C9H10F3N/c1-5-2-3-6(10)8(9(5)12)7(11)4-13/h2-3,7H,4,13H2,1H3. The second-order valence-electron chi connectivity index (χ2n) is 2.80. The maximum Gasteiger partial charge on any atom is 0.143 e. The minimum Gasteiger partial charge on any atom is -0.327 e. The number of hydrogen-bond donors (Lipinski definition) is 1. The molecule has 0 aliphatic rings. The molecule has 2 N–H and O–H groups in total. The molecule has 1 rings (SSSR count). The molecule has 1 nitrogen and oxygen atoms in total. The van der Waals surface area contributed by atoms with Crippen molar-refractivity contribution in [2.24, 2.45) is 5.73 Å². The molecular formula is C9H10F3N. The highest BCUT2D eigenvalue weighted by Gasteiger charge is 2.19. The van der Waals surface area contributed by atoms with Gasteiger partial charge in [-0.05, 0) is 18.6 Å². The molecule has 13 heavy (non-hydrogen) atoms. The van der Waals surface area contributed by atoms with E-state index in [0.717, 1.165) is 6.07 Å². The van der Waals surface area contributed by atoms with Crippen LogP contribution in [0.3, 0.4) is 0 Å². The first-order chi connectivity index (χ1) is 6.07. The lowest BCUT2D eigenvalue weighted by Gasteiger charge is -2.09. The highest BCUT2D eigenvalue weighted by Crippen LogP contribution is 2.24. The van der Waals surface area contributed by atoms with E-state index in [0.29, 0.717) is 0 Å². The Morgan fingerprint density at radius 1 is 1.38 bits per heavy atom. The lowest BCUT2D eigenvalue weighted by Crippen LogP contribution is -2.12. The van der Waals surface area contributed by atoms with Crippen molar-refractivity contribution in [1.29, 1.82) is 0 Å². The highest BCUT2D eigenvalue weighted by atomic mass is 19.2. The van der Waals surface area contributed by atoms with E-state index in [2.05, 4.69) is 0 Å². The summed E-state index contributed by atoms with van der Waals surface area (Å²) in [5.41, 5.74) is 4.63. The largest absolute Gasteiger partial charge is 0.327 e. The number of alkyl halides is 1. The van der Waals surface area contributed by atoms with E-state index >= 15 is 0 Å². The second-order valence-corrected chi connectivity index (χ2v) is 2.80. The zero-order valence-corrected chi connectivity index (χ0v) is 7.15. The summed E-state index contributed by atoms with van der Waals surface area (Å²) in [5, 5.41) is 0. The van der Waals surface area contributed by atoms with Gasteiger partial charge >= 0.3 is 0 Å². The Labute approximate surface area is 74.4 Å². The Bertz CT molecular complexity index is 312. The number of rotatable bonds is 2. The van der Waals surface area contributed by atoms with Crippen molar-refractivity contribution < 1.29 is 13.2 Å². The topological polar surface area (TPSA) is 26.0 Å². The molecule has 0 saturated carbocycles. The molecule has 0 aromatic heterocycles. The third kappa shape index (κ3) is 1.83. The Balaban J connectivity index is 3.25. The van der Waals surface area contributed by atoms with Gasteiger partial charge in [0, 0.05) is 6.54 Å². The van der Waals surface area contributed by atoms with E-state index in [1.807, 2.05) is 0 Å². The summed E-state index contributed by atoms with van der Waals surface area (Å²) in [5.74, 6) is -1.74. The zero-order chi connectivity index (χ0) is 10.0. The van der Waals surface area contributed by atoms with Crippen LogP contribution in [0.4, 0.5) is 13.2 Å². The van der Waals surface area contributed by atoms with E-state index in [1.54, 1.807) is 0 Å². The minimum absolute atomic E-state index is 0.215. The molecular weight excluding hydrogens is 179 g/mol. The predicted octanol–water partition coefficient (Wildman–Crippen LogP) is 2.24. The van der Waals surface area contributed by atoms with Crippen LogP contribution < -0.4 is 5.73 Å². The normalized spacial score (nSPS) is 13.0. The summed E-state index contributed by atoms with van der Waals surface area (Å²) < 4.78 is 39.1. The van der Waals surface area contributed by atoms with Crippen LogP contribution in [0, 0.1) is 18.6 Å². The second kappa shape index (κ2) is 3.79. The number of benzene rings is 1. The van der Waals surface area contributed by atoms with Gasteiger partial charge in [0.2, 0.25) is 0 Å². The molecule has 0 saturated heterocycles. The van der Waals surface area contributed by atoms with Gasteiger partial charge in [-0.3, -0.25) is 0 Å². The van der Waals surface area contributed by atoms with Crippen molar-refractivity contribution in [2.75, 3.05) is 6.54 Å². The summed E-state index contributed by atoms with van der Waals surface area (Å²) in [6.45, 7) is 1.03. The fourth-order valence-electron chi connectivity index (χ4n) is 1.08. The van der Waals surface area contributed by atoms with Crippen LogP contribution in [0.5, 0.6) is 0 Å². The number of halogens is 3. The Kier molecular flexibility index (Phi) is 2.93. The molecule has 0 aliphatic carbocycles. The first-order valence-electron chi connectivity index (χ1n) is 3.86. The van der Waals surface area contributed by atoms with E-state index in [9.17, 15) is 13.2 Å². The molecule has 0 fully saturated rings. The van der Waals surface area contributed by atoms with E-state index in [1.165, 1.54) is 13.0 Å². The van der Waals surface area contributed by atoms with Crippen molar-refractivity contribution in [3.8, 4) is 0 Å². The van der Waals surface area contributed by atoms with E-state index < -0.39 is 29.9 Å². The maximum absolute atomic E-state index is 13.2. The SMILES string of the molecule is Cc1ccc(F)c(C(F)CN)c1F. The smallest absolute Gasteiger partial charge is 0.143 e. The molecule has 4 heteroatoms. The molecule has 0 heterocycles. The van der Waals surface area contributed by atoms with Gasteiger partial charge in [-0.2, -0.15) is 0 Å². The van der Waals surface area contributed by atoms with Crippen LogP contribution >= 0.6 is 0 Å². The van der Waals surface area contributed by atoms with Crippen molar-refractivity contribution in [3.63, 3.8) is 0 Å². The highest BCUT2D eigenvalue weighted by molar-refractivity contribution is 5.28. The van der Waals surface area contributed by atoms with Crippen LogP contribution in [-0.4, -0.2) is 6.54 Å². The van der Waals surface area contributed by atoms with Gasteiger partial charge in [-0.25, -0.2) is 13.2 Å². The number of nitrogens with two attached hydrogens (primary N) is 1. The van der Waals surface area contributed by atoms with Crippen LogP contribution in [0.2, 0.25) is 0 Å². The van der Waals surface area contributed by atoms with Crippen molar-refractivity contribution in [3.05, 3.63) is 34.9 Å². The van der Waals surface area contributed by atoms with Crippen LogP contribution in [-0.2, 0) is 0 Å². The van der Waals surface area contributed by atoms with Crippen LogP contribution in [0.15, 0.2) is 12.1 Å². The molecule has 0 spiro atoms. The van der Waals surface area contributed by atoms with Gasteiger partial charge in [0.25, 0.3) is 0 Å². The molecule has 0 amide bonds. The van der Waals surface area contributed by atoms with E-state index in [4.69, 9.17) is 5.73 Å². The van der Waals surface area contributed by atoms with E-state index in [-0.39, 0.29) is 5.56 Å². The average Bonchev–Trinajstić information content (AvgIpc) is 2.12. The predicted molar refractivity (Wildman–Crippen MR) is 44.0 cm³/mol. The first kappa shape index (κ1) is 10.1. The third-order valence-electron chi connectivity index (χ3n) is 1.84. The molecule has 72 valence electrons. The Morgan fingerprint density at radius 2 is 2.00 bits per heavy atom. The van der Waals surface area contributed by atoms with Gasteiger partial charge in [0.05, 0.1) is 5.56 Å². The summed E-state index contributed by atoms with van der Waals surface area (Å²) in [6, 6.07) is 2.30. The summed E-state index contributed by atoms with van der Waals surface area (Å²) in [4.78, 5) is 0. The lowest BCUT2D eigenvalue weighted by molar-refractivity contribution is 0.328. The first-order valence-corrected chi connectivity index (χ1v) is 3.86. The van der Waals surface area contributed by atoms with Gasteiger partial charge in [0.1, 0.15) is 17.8 Å². The third-order valence-corrected chi connectivity index (χ3v) is 1.84. The summed E-state index contributed by atoms with van der Waals surface area (Å²) in [7, 11) is 0. The zero-order valence-electron chi connectivity index (χ0n) is 7.15. The lowest BCUT2D eigenvalue weighted by atomic mass is 10.1. The van der Waals surface area contributed by atoms with Gasteiger partial charge < -0.3 is 5.73 Å². The summed E-state index contributed by atoms with van der Waals surface area (Å²) >= 11 is 0.